The normalized spacial score (nSPS) is 15.2. The van der Waals surface area contributed by atoms with Crippen LogP contribution >= 0.6 is 11.6 Å². The van der Waals surface area contributed by atoms with Gasteiger partial charge in [0.15, 0.2) is 17.6 Å². The van der Waals surface area contributed by atoms with Gasteiger partial charge in [-0.2, -0.15) is 0 Å². The molecule has 3 aromatic rings. The van der Waals surface area contributed by atoms with Crippen LogP contribution in [0.1, 0.15) is 35.3 Å². The number of aliphatic hydroxyl groups is 2. The number of hydrogen-bond donors (Lipinski definition) is 3. The summed E-state index contributed by atoms with van der Waals surface area (Å²) in [6, 6.07) is 14.3. The molecule has 202 valence electrons. The summed E-state index contributed by atoms with van der Waals surface area (Å²) in [6.45, 7) is 3.15. The molecule has 10 heteroatoms. The molecule has 1 aliphatic rings. The van der Waals surface area contributed by atoms with Gasteiger partial charge in [0.2, 0.25) is 0 Å². The Bertz CT molecular complexity index is 1220. The molecular weight excluding hydrogens is 512 g/mol. The number of pyridine rings is 1. The molecule has 0 saturated carbocycles. The minimum atomic E-state index is -0.781. The van der Waals surface area contributed by atoms with E-state index < -0.39 is 12.1 Å². The van der Waals surface area contributed by atoms with E-state index in [1.165, 1.54) is 6.92 Å². The Morgan fingerprint density at radius 1 is 1.18 bits per heavy atom. The Morgan fingerprint density at radius 2 is 2.03 bits per heavy atom. The SMILES string of the molecule is CC(=O)Oc1ccc([C@@H](O)CNCCc2ccc3c(c2)O[C@H](COCc2ccc(Cl)nc2)CO3)cc1CO. The standard InChI is InChI=1S/C28H31ClN2O7/c1-18(33)37-25-6-4-21(11-22(25)14-32)24(34)13-30-9-8-19-2-5-26-27(10-19)38-23(17-36-26)16-35-15-20-3-7-28(29)31-12-20/h2-7,10-12,23-24,30,32,34H,8-9,13-17H2,1H3/t23-,24+/m1/s1. The molecule has 2 aromatic carbocycles. The van der Waals surface area contributed by atoms with Crippen LogP contribution in [0, 0.1) is 0 Å². The maximum atomic E-state index is 11.2. The fraction of sp³-hybridized carbons (Fsp3) is 0.357. The zero-order valence-electron chi connectivity index (χ0n) is 21.1. The van der Waals surface area contributed by atoms with Gasteiger partial charge in [0.1, 0.15) is 17.5 Å². The van der Waals surface area contributed by atoms with Crippen molar-refractivity contribution < 1.29 is 34.0 Å². The van der Waals surface area contributed by atoms with Crippen molar-refractivity contribution >= 4 is 17.6 Å². The van der Waals surface area contributed by atoms with E-state index in [1.807, 2.05) is 24.3 Å². The topological polar surface area (TPSA) is 119 Å². The van der Waals surface area contributed by atoms with Crippen molar-refractivity contribution in [1.29, 1.82) is 0 Å². The number of carbonyl (C=O) groups excluding carboxylic acids is 1. The Morgan fingerprint density at radius 3 is 2.79 bits per heavy atom. The van der Waals surface area contributed by atoms with Crippen molar-refractivity contribution in [1.82, 2.24) is 10.3 Å². The van der Waals surface area contributed by atoms with Crippen LogP contribution in [0.5, 0.6) is 17.2 Å². The van der Waals surface area contributed by atoms with E-state index >= 15 is 0 Å². The lowest BCUT2D eigenvalue weighted by Crippen LogP contribution is -2.33. The predicted molar refractivity (Wildman–Crippen MR) is 140 cm³/mol. The fourth-order valence-electron chi connectivity index (χ4n) is 3.97. The van der Waals surface area contributed by atoms with Crippen LogP contribution in [-0.4, -0.2) is 53.6 Å². The number of rotatable bonds is 12. The summed E-state index contributed by atoms with van der Waals surface area (Å²) < 4.78 is 22.8. The highest BCUT2D eigenvalue weighted by molar-refractivity contribution is 6.29. The number of esters is 1. The van der Waals surface area contributed by atoms with Crippen molar-refractivity contribution in [3.05, 3.63) is 82.1 Å². The number of nitrogens with one attached hydrogen (secondary N) is 1. The number of hydrogen-bond acceptors (Lipinski definition) is 9. The van der Waals surface area contributed by atoms with Crippen molar-refractivity contribution in [3.63, 3.8) is 0 Å². The second-order valence-electron chi connectivity index (χ2n) is 8.93. The monoisotopic (exact) mass is 542 g/mol. The first-order valence-corrected chi connectivity index (χ1v) is 12.7. The van der Waals surface area contributed by atoms with Crippen LogP contribution in [-0.2, 0) is 29.2 Å². The molecule has 3 N–H and O–H groups in total. The van der Waals surface area contributed by atoms with Gasteiger partial charge in [0.25, 0.3) is 0 Å². The summed E-state index contributed by atoms with van der Waals surface area (Å²) in [5, 5.41) is 23.8. The first kappa shape index (κ1) is 27.8. The van der Waals surface area contributed by atoms with Crippen LogP contribution in [0.4, 0.5) is 0 Å². The van der Waals surface area contributed by atoms with Gasteiger partial charge in [-0.1, -0.05) is 29.8 Å². The summed E-state index contributed by atoms with van der Waals surface area (Å²) in [5.41, 5.74) is 3.06. The molecule has 0 radical (unpaired) electrons. The summed E-state index contributed by atoms with van der Waals surface area (Å²) in [5.74, 6) is 1.20. The third-order valence-corrected chi connectivity index (χ3v) is 6.13. The van der Waals surface area contributed by atoms with Crippen LogP contribution in [0.25, 0.3) is 0 Å². The minimum absolute atomic E-state index is 0.220. The van der Waals surface area contributed by atoms with Gasteiger partial charge in [-0.05, 0) is 60.0 Å². The maximum absolute atomic E-state index is 11.2. The fourth-order valence-corrected chi connectivity index (χ4v) is 4.08. The molecule has 0 saturated heterocycles. The largest absolute Gasteiger partial charge is 0.486 e. The number of nitrogens with zero attached hydrogens (tertiary/aromatic N) is 1. The van der Waals surface area contributed by atoms with Gasteiger partial charge in [0.05, 0.1) is 25.9 Å². The van der Waals surface area contributed by atoms with Gasteiger partial charge >= 0.3 is 5.97 Å². The number of aliphatic hydroxyl groups excluding tert-OH is 2. The third-order valence-electron chi connectivity index (χ3n) is 5.91. The molecule has 1 aliphatic heterocycles. The highest BCUT2D eigenvalue weighted by Crippen LogP contribution is 2.33. The Kier molecular flexibility index (Phi) is 9.91. The molecule has 1 aromatic heterocycles. The summed E-state index contributed by atoms with van der Waals surface area (Å²) in [6.07, 6.45) is 1.41. The minimum Gasteiger partial charge on any atom is -0.486 e. The van der Waals surface area contributed by atoms with Crippen molar-refractivity contribution in [2.24, 2.45) is 0 Å². The maximum Gasteiger partial charge on any atom is 0.308 e. The molecule has 9 nitrogen and oxygen atoms in total. The van der Waals surface area contributed by atoms with E-state index in [0.717, 1.165) is 17.5 Å². The second-order valence-corrected chi connectivity index (χ2v) is 9.31. The van der Waals surface area contributed by atoms with Crippen LogP contribution in [0.15, 0.2) is 54.7 Å². The van der Waals surface area contributed by atoms with E-state index in [4.69, 9.17) is 30.5 Å². The molecule has 0 amide bonds. The third kappa shape index (κ3) is 7.89. The molecule has 2 atom stereocenters. The smallest absolute Gasteiger partial charge is 0.308 e. The van der Waals surface area contributed by atoms with Crippen LogP contribution < -0.4 is 19.5 Å². The number of benzene rings is 2. The van der Waals surface area contributed by atoms with Gasteiger partial charge in [0, 0.05) is 25.2 Å². The zero-order chi connectivity index (χ0) is 26.9. The van der Waals surface area contributed by atoms with E-state index in [-0.39, 0.29) is 18.5 Å². The highest BCUT2D eigenvalue weighted by Gasteiger charge is 2.21. The van der Waals surface area contributed by atoms with Gasteiger partial charge in [-0.15, -0.1) is 0 Å². The second kappa shape index (κ2) is 13.5. The molecule has 0 bridgehead atoms. The molecule has 4 rings (SSSR count). The van der Waals surface area contributed by atoms with Crippen LogP contribution in [0.3, 0.4) is 0 Å². The highest BCUT2D eigenvalue weighted by atomic mass is 35.5. The van der Waals surface area contributed by atoms with E-state index in [2.05, 4.69) is 10.3 Å². The molecule has 0 aliphatic carbocycles. The molecule has 0 spiro atoms. The Labute approximate surface area is 226 Å². The van der Waals surface area contributed by atoms with E-state index in [0.29, 0.717) is 60.7 Å². The lowest BCUT2D eigenvalue weighted by molar-refractivity contribution is -0.131. The Hall–Kier alpha value is -3.21. The molecule has 0 unspecified atom stereocenters. The van der Waals surface area contributed by atoms with Gasteiger partial charge < -0.3 is 34.5 Å². The zero-order valence-corrected chi connectivity index (χ0v) is 21.8. The summed E-state index contributed by atoms with van der Waals surface area (Å²) in [7, 11) is 0. The lowest BCUT2D eigenvalue weighted by atomic mass is 10.0. The van der Waals surface area contributed by atoms with Crippen molar-refractivity contribution in [2.45, 2.75) is 38.8 Å². The quantitative estimate of drug-likeness (QED) is 0.137. The number of aromatic nitrogens is 1. The van der Waals surface area contributed by atoms with Gasteiger partial charge in [-0.3, -0.25) is 4.79 Å². The van der Waals surface area contributed by atoms with Crippen molar-refractivity contribution in [3.8, 4) is 17.2 Å². The number of halogens is 1. The number of fused-ring (bicyclic) bond motifs is 1. The van der Waals surface area contributed by atoms with Gasteiger partial charge in [-0.25, -0.2) is 4.98 Å². The molecule has 0 fully saturated rings. The molecule has 38 heavy (non-hydrogen) atoms. The number of ether oxygens (including phenoxy) is 4. The lowest BCUT2D eigenvalue weighted by Gasteiger charge is -2.27. The summed E-state index contributed by atoms with van der Waals surface area (Å²) in [4.78, 5) is 15.2. The van der Waals surface area contributed by atoms with E-state index in [9.17, 15) is 15.0 Å². The predicted octanol–water partition coefficient (Wildman–Crippen LogP) is 3.37. The molecular formula is C28H31ClN2O7. The number of carbonyl (C=O) groups is 1. The molecule has 2 heterocycles. The first-order chi connectivity index (χ1) is 18.4. The average molecular weight is 543 g/mol. The van der Waals surface area contributed by atoms with Crippen molar-refractivity contribution in [2.75, 3.05) is 26.3 Å². The van der Waals surface area contributed by atoms with Crippen LogP contribution in [0.2, 0.25) is 5.15 Å². The summed E-state index contributed by atoms with van der Waals surface area (Å²) >= 11 is 5.81. The first-order valence-electron chi connectivity index (χ1n) is 12.3. The average Bonchev–Trinajstić information content (AvgIpc) is 2.91. The van der Waals surface area contributed by atoms with E-state index in [1.54, 1.807) is 30.5 Å². The Balaban J connectivity index is 1.22.